The Morgan fingerprint density at radius 3 is 2.56 bits per heavy atom. The summed E-state index contributed by atoms with van der Waals surface area (Å²) in [6.45, 7) is 6.36. The van der Waals surface area contributed by atoms with Crippen molar-refractivity contribution in [3.05, 3.63) is 69.6 Å². The van der Waals surface area contributed by atoms with Crippen LogP contribution in [-0.4, -0.2) is 82.5 Å². The Morgan fingerprint density at radius 1 is 1.06 bits per heavy atom. The Morgan fingerprint density at radius 2 is 1.81 bits per heavy atom. The van der Waals surface area contributed by atoms with Crippen LogP contribution >= 0.6 is 11.3 Å². The maximum atomic E-state index is 13.5. The molecule has 2 aromatic heterocycles. The van der Waals surface area contributed by atoms with Gasteiger partial charge in [-0.25, -0.2) is 4.98 Å². The van der Waals surface area contributed by atoms with E-state index in [1.54, 1.807) is 16.7 Å². The second-order valence-electron chi connectivity index (χ2n) is 8.20. The Labute approximate surface area is 190 Å². The topological polar surface area (TPSA) is 70.4 Å². The van der Waals surface area contributed by atoms with Crippen molar-refractivity contribution in [2.24, 2.45) is 0 Å². The first-order valence-corrected chi connectivity index (χ1v) is 11.9. The molecule has 4 heterocycles. The maximum Gasteiger partial charge on any atom is 0.258 e. The molecule has 0 aliphatic carbocycles. The fourth-order valence-electron chi connectivity index (χ4n) is 4.48. The Hall–Kier alpha value is -2.59. The number of benzene rings is 1. The predicted octanol–water partition coefficient (Wildman–Crippen LogP) is 1.47. The number of fused-ring (bicyclic) bond motifs is 1. The van der Waals surface area contributed by atoms with Crippen molar-refractivity contribution in [3.8, 4) is 0 Å². The highest BCUT2D eigenvalue weighted by atomic mass is 32.1. The van der Waals surface area contributed by atoms with Crippen LogP contribution in [0.4, 0.5) is 0 Å². The molecule has 0 N–H and O–H groups in total. The number of amides is 1. The van der Waals surface area contributed by atoms with E-state index < -0.39 is 0 Å². The van der Waals surface area contributed by atoms with Crippen LogP contribution in [0.2, 0.25) is 0 Å². The molecule has 3 aromatic rings. The summed E-state index contributed by atoms with van der Waals surface area (Å²) in [5.74, 6) is 0.158. The van der Waals surface area contributed by atoms with Crippen molar-refractivity contribution in [1.29, 1.82) is 0 Å². The third kappa shape index (κ3) is 4.47. The SMILES string of the molecule is O=C([C@@H](c1ccccc1)N1CCN(Cc2cc(=O)n3ccsc3n2)CC1)N1CCOCC1. The summed E-state index contributed by atoms with van der Waals surface area (Å²) >= 11 is 1.47. The lowest BCUT2D eigenvalue weighted by atomic mass is 10.0. The van der Waals surface area contributed by atoms with Gasteiger partial charge in [0.25, 0.3) is 5.56 Å². The van der Waals surface area contributed by atoms with Crippen LogP contribution < -0.4 is 5.56 Å². The third-order valence-electron chi connectivity index (χ3n) is 6.19. The number of carbonyl (C=O) groups is 1. The number of ether oxygens (including phenoxy) is 1. The van der Waals surface area contributed by atoms with E-state index in [4.69, 9.17) is 4.74 Å². The largest absolute Gasteiger partial charge is 0.378 e. The Bertz CT molecular complexity index is 1120. The average molecular weight is 454 g/mol. The minimum absolute atomic E-state index is 0.0369. The number of morpholine rings is 1. The first kappa shape index (κ1) is 21.3. The number of nitrogens with zero attached hydrogens (tertiary/aromatic N) is 5. The molecule has 32 heavy (non-hydrogen) atoms. The summed E-state index contributed by atoms with van der Waals surface area (Å²) in [4.78, 5) is 37.6. The molecule has 1 atom stereocenters. The molecule has 0 saturated carbocycles. The van der Waals surface area contributed by atoms with Crippen molar-refractivity contribution >= 4 is 22.2 Å². The molecule has 2 aliphatic rings. The van der Waals surface area contributed by atoms with Gasteiger partial charge >= 0.3 is 0 Å². The second-order valence-corrected chi connectivity index (χ2v) is 9.08. The van der Waals surface area contributed by atoms with Gasteiger partial charge in [0, 0.05) is 63.5 Å². The van der Waals surface area contributed by atoms with Gasteiger partial charge in [-0.1, -0.05) is 30.3 Å². The van der Waals surface area contributed by atoms with E-state index in [0.717, 1.165) is 42.4 Å². The average Bonchev–Trinajstić information content (AvgIpc) is 3.31. The molecule has 9 heteroatoms. The minimum Gasteiger partial charge on any atom is -0.378 e. The molecule has 1 amide bonds. The van der Waals surface area contributed by atoms with Crippen LogP contribution in [-0.2, 0) is 16.1 Å². The van der Waals surface area contributed by atoms with Crippen LogP contribution in [0.5, 0.6) is 0 Å². The Balaban J connectivity index is 1.28. The smallest absolute Gasteiger partial charge is 0.258 e. The summed E-state index contributed by atoms with van der Waals surface area (Å²) in [6, 6.07) is 11.4. The molecule has 0 radical (unpaired) electrons. The summed E-state index contributed by atoms with van der Waals surface area (Å²) in [5, 5.41) is 1.88. The van der Waals surface area contributed by atoms with Crippen LogP contribution in [0, 0.1) is 0 Å². The maximum absolute atomic E-state index is 13.5. The lowest BCUT2D eigenvalue weighted by molar-refractivity contribution is -0.142. The highest BCUT2D eigenvalue weighted by molar-refractivity contribution is 7.15. The lowest BCUT2D eigenvalue weighted by Gasteiger charge is -2.41. The summed E-state index contributed by atoms with van der Waals surface area (Å²) in [6.07, 6.45) is 1.76. The molecular weight excluding hydrogens is 426 g/mol. The normalized spacial score (nSPS) is 19.3. The number of rotatable bonds is 5. The molecule has 5 rings (SSSR count). The van der Waals surface area contributed by atoms with Crippen LogP contribution in [0.1, 0.15) is 17.3 Å². The van der Waals surface area contributed by atoms with Crippen LogP contribution in [0.3, 0.4) is 0 Å². The van der Waals surface area contributed by atoms with E-state index in [0.29, 0.717) is 32.8 Å². The fraction of sp³-hybridized carbons (Fsp3) is 0.435. The van der Waals surface area contributed by atoms with Gasteiger partial charge in [-0.05, 0) is 5.56 Å². The second kappa shape index (κ2) is 9.50. The van der Waals surface area contributed by atoms with Crippen molar-refractivity contribution in [2.45, 2.75) is 12.6 Å². The summed E-state index contributed by atoms with van der Waals surface area (Å²) < 4.78 is 7.02. The predicted molar refractivity (Wildman–Crippen MR) is 123 cm³/mol. The van der Waals surface area contributed by atoms with Gasteiger partial charge in [0.15, 0.2) is 4.96 Å². The monoisotopic (exact) mass is 453 g/mol. The number of thiazole rings is 1. The van der Waals surface area contributed by atoms with Crippen LogP contribution in [0.15, 0.2) is 52.8 Å². The lowest BCUT2D eigenvalue weighted by Crippen LogP contribution is -2.52. The third-order valence-corrected chi connectivity index (χ3v) is 6.94. The van der Waals surface area contributed by atoms with Gasteiger partial charge in [0.1, 0.15) is 6.04 Å². The minimum atomic E-state index is -0.276. The van der Waals surface area contributed by atoms with E-state index in [-0.39, 0.29) is 17.5 Å². The summed E-state index contributed by atoms with van der Waals surface area (Å²) in [5.41, 5.74) is 1.80. The number of aromatic nitrogens is 2. The number of piperazine rings is 1. The number of hydrogen-bond acceptors (Lipinski definition) is 7. The zero-order valence-electron chi connectivity index (χ0n) is 17.9. The molecule has 0 unspecified atom stereocenters. The molecular formula is C23H27N5O3S. The molecule has 0 bridgehead atoms. The van der Waals surface area contributed by atoms with Crippen molar-refractivity contribution in [3.63, 3.8) is 0 Å². The van der Waals surface area contributed by atoms with Gasteiger partial charge in [-0.15, -0.1) is 11.3 Å². The van der Waals surface area contributed by atoms with Crippen molar-refractivity contribution in [2.75, 3.05) is 52.5 Å². The molecule has 1 aromatic carbocycles. The summed E-state index contributed by atoms with van der Waals surface area (Å²) in [7, 11) is 0. The van der Waals surface area contributed by atoms with E-state index in [1.165, 1.54) is 11.3 Å². The van der Waals surface area contributed by atoms with Gasteiger partial charge in [-0.3, -0.25) is 23.8 Å². The van der Waals surface area contributed by atoms with Gasteiger partial charge in [-0.2, -0.15) is 0 Å². The van der Waals surface area contributed by atoms with Crippen molar-refractivity contribution < 1.29 is 9.53 Å². The van der Waals surface area contributed by atoms with Crippen molar-refractivity contribution in [1.82, 2.24) is 24.1 Å². The number of hydrogen-bond donors (Lipinski definition) is 0. The first-order chi connectivity index (χ1) is 15.7. The molecule has 2 aliphatic heterocycles. The zero-order valence-corrected chi connectivity index (χ0v) is 18.7. The van der Waals surface area contributed by atoms with E-state index in [2.05, 4.69) is 14.8 Å². The van der Waals surface area contributed by atoms with Gasteiger partial charge in [0.05, 0.1) is 18.9 Å². The first-order valence-electron chi connectivity index (χ1n) is 11.0. The highest BCUT2D eigenvalue weighted by Gasteiger charge is 2.34. The highest BCUT2D eigenvalue weighted by Crippen LogP contribution is 2.25. The quantitative estimate of drug-likeness (QED) is 0.583. The molecule has 168 valence electrons. The van der Waals surface area contributed by atoms with E-state index >= 15 is 0 Å². The molecule has 8 nitrogen and oxygen atoms in total. The molecule has 0 spiro atoms. The fourth-order valence-corrected chi connectivity index (χ4v) is 5.22. The molecule has 2 fully saturated rings. The van der Waals surface area contributed by atoms with E-state index in [9.17, 15) is 9.59 Å². The Kier molecular flexibility index (Phi) is 6.31. The zero-order chi connectivity index (χ0) is 21.9. The standard InChI is InChI=1S/C23H27N5O3S/c29-20-16-19(24-23-28(20)12-15-32-23)17-25-6-8-26(9-7-25)21(18-4-2-1-3-5-18)22(30)27-10-13-31-14-11-27/h1-5,12,15-16,21H,6-11,13-14,17H2/t21-/m1/s1. The van der Waals surface area contributed by atoms with E-state index in [1.807, 2.05) is 40.6 Å². The van der Waals surface area contributed by atoms with Gasteiger partial charge in [0.2, 0.25) is 5.91 Å². The molecule has 2 saturated heterocycles. The van der Waals surface area contributed by atoms with Gasteiger partial charge < -0.3 is 9.64 Å². The number of carbonyl (C=O) groups excluding carboxylic acids is 1. The van der Waals surface area contributed by atoms with Crippen LogP contribution in [0.25, 0.3) is 4.96 Å².